The number of ether oxygens (including phenoxy) is 1. The first-order valence-corrected chi connectivity index (χ1v) is 6.37. The number of nitrogens with one attached hydrogen (secondary N) is 2. The second-order valence-electron chi connectivity index (χ2n) is 4.86. The van der Waals surface area contributed by atoms with Gasteiger partial charge in [-0.05, 0) is 18.1 Å². The van der Waals surface area contributed by atoms with Crippen molar-refractivity contribution in [1.29, 1.82) is 0 Å². The summed E-state index contributed by atoms with van der Waals surface area (Å²) in [6.45, 7) is 5.17. The topological polar surface area (TPSA) is 93.4 Å². The van der Waals surface area contributed by atoms with Gasteiger partial charge in [-0.25, -0.2) is 0 Å². The van der Waals surface area contributed by atoms with Crippen molar-refractivity contribution in [2.75, 3.05) is 17.7 Å². The molecule has 0 bridgehead atoms. The third-order valence-electron chi connectivity index (χ3n) is 2.80. The molecule has 1 atom stereocenters. The lowest BCUT2D eigenvalue weighted by atomic mass is 10.0. The van der Waals surface area contributed by atoms with E-state index in [0.717, 1.165) is 0 Å². The molecule has 1 aromatic rings. The van der Waals surface area contributed by atoms with Crippen molar-refractivity contribution in [3.63, 3.8) is 0 Å². The van der Waals surface area contributed by atoms with Crippen LogP contribution in [-0.4, -0.2) is 25.0 Å². The van der Waals surface area contributed by atoms with E-state index in [1.807, 2.05) is 13.8 Å². The molecule has 0 spiro atoms. The Morgan fingerprint density at radius 2 is 1.86 bits per heavy atom. The van der Waals surface area contributed by atoms with Gasteiger partial charge in [0.25, 0.3) is 0 Å². The fourth-order valence-corrected chi connectivity index (χ4v) is 1.59. The van der Waals surface area contributed by atoms with E-state index in [4.69, 9.17) is 10.5 Å². The molecule has 0 fully saturated rings. The number of hydrogen-bond acceptors (Lipinski definition) is 4. The molecular formula is C14H22ClN3O3. The molecular weight excluding hydrogens is 294 g/mol. The van der Waals surface area contributed by atoms with Crippen molar-refractivity contribution in [2.45, 2.75) is 26.8 Å². The van der Waals surface area contributed by atoms with Crippen LogP contribution in [0.4, 0.5) is 11.4 Å². The summed E-state index contributed by atoms with van der Waals surface area (Å²) in [6.07, 6.45) is 0. The normalized spacial score (nSPS) is 11.3. The van der Waals surface area contributed by atoms with Crippen LogP contribution in [0.5, 0.6) is 5.75 Å². The highest BCUT2D eigenvalue weighted by atomic mass is 35.5. The number of hydrogen-bond donors (Lipinski definition) is 3. The fraction of sp³-hybridized carbons (Fsp3) is 0.429. The molecule has 0 aliphatic carbocycles. The first-order chi connectivity index (χ1) is 9.35. The third kappa shape index (κ3) is 5.61. The summed E-state index contributed by atoms with van der Waals surface area (Å²) >= 11 is 0. The van der Waals surface area contributed by atoms with Gasteiger partial charge < -0.3 is 21.1 Å². The molecule has 1 aromatic carbocycles. The number of carbonyl (C=O) groups excluding carboxylic acids is 2. The van der Waals surface area contributed by atoms with E-state index in [1.165, 1.54) is 14.0 Å². The number of anilines is 2. The molecule has 0 aliphatic heterocycles. The van der Waals surface area contributed by atoms with Crippen molar-refractivity contribution in [3.05, 3.63) is 18.2 Å². The van der Waals surface area contributed by atoms with Crippen LogP contribution in [0.2, 0.25) is 0 Å². The molecule has 118 valence electrons. The lowest BCUT2D eigenvalue weighted by Gasteiger charge is -2.16. The summed E-state index contributed by atoms with van der Waals surface area (Å²) in [4.78, 5) is 22.9. The van der Waals surface area contributed by atoms with Crippen LogP contribution < -0.4 is 21.1 Å². The number of amides is 2. The lowest BCUT2D eigenvalue weighted by Crippen LogP contribution is -2.39. The summed E-state index contributed by atoms with van der Waals surface area (Å²) in [5, 5.41) is 5.37. The second kappa shape index (κ2) is 8.49. The molecule has 0 heterocycles. The SMILES string of the molecule is COc1cc(NC(=O)[C@@H](N)C(C)C)ccc1NC(C)=O.Cl. The number of nitrogens with two attached hydrogens (primary N) is 1. The minimum absolute atomic E-state index is 0. The lowest BCUT2D eigenvalue weighted by molar-refractivity contribution is -0.118. The van der Waals surface area contributed by atoms with E-state index in [0.29, 0.717) is 17.1 Å². The average molecular weight is 316 g/mol. The van der Waals surface area contributed by atoms with Crippen molar-refractivity contribution in [3.8, 4) is 5.75 Å². The Morgan fingerprint density at radius 1 is 1.24 bits per heavy atom. The minimum atomic E-state index is -0.573. The van der Waals surface area contributed by atoms with E-state index >= 15 is 0 Å². The highest BCUT2D eigenvalue weighted by Gasteiger charge is 2.17. The Hall–Kier alpha value is -1.79. The quantitative estimate of drug-likeness (QED) is 0.774. The van der Waals surface area contributed by atoms with Crippen LogP contribution in [-0.2, 0) is 9.59 Å². The maximum absolute atomic E-state index is 11.9. The Bertz CT molecular complexity index is 506. The van der Waals surface area contributed by atoms with Gasteiger partial charge in [0.2, 0.25) is 11.8 Å². The molecule has 0 saturated carbocycles. The molecule has 0 aromatic heterocycles. The van der Waals surface area contributed by atoms with Crippen LogP contribution in [0, 0.1) is 5.92 Å². The molecule has 1 rings (SSSR count). The molecule has 0 radical (unpaired) electrons. The van der Waals surface area contributed by atoms with E-state index in [-0.39, 0.29) is 30.1 Å². The van der Waals surface area contributed by atoms with Gasteiger partial charge in [-0.2, -0.15) is 0 Å². The van der Waals surface area contributed by atoms with Crippen molar-refractivity contribution < 1.29 is 14.3 Å². The number of halogens is 1. The van der Waals surface area contributed by atoms with Gasteiger partial charge in [0.05, 0.1) is 18.8 Å². The number of carbonyl (C=O) groups is 2. The van der Waals surface area contributed by atoms with E-state index in [2.05, 4.69) is 10.6 Å². The third-order valence-corrected chi connectivity index (χ3v) is 2.80. The van der Waals surface area contributed by atoms with Gasteiger partial charge in [0, 0.05) is 18.7 Å². The average Bonchev–Trinajstić information content (AvgIpc) is 2.38. The number of benzene rings is 1. The van der Waals surface area contributed by atoms with Gasteiger partial charge in [0.1, 0.15) is 5.75 Å². The molecule has 0 unspecified atom stereocenters. The maximum atomic E-state index is 11.9. The Morgan fingerprint density at radius 3 is 2.33 bits per heavy atom. The molecule has 4 N–H and O–H groups in total. The van der Waals surface area contributed by atoms with Crippen molar-refractivity contribution in [2.24, 2.45) is 11.7 Å². The van der Waals surface area contributed by atoms with Crippen LogP contribution in [0.25, 0.3) is 0 Å². The van der Waals surface area contributed by atoms with Crippen LogP contribution >= 0.6 is 12.4 Å². The summed E-state index contributed by atoms with van der Waals surface area (Å²) in [5.74, 6) is 0.0721. The summed E-state index contributed by atoms with van der Waals surface area (Å²) < 4.78 is 5.18. The molecule has 21 heavy (non-hydrogen) atoms. The molecule has 2 amide bonds. The van der Waals surface area contributed by atoms with Gasteiger partial charge >= 0.3 is 0 Å². The first kappa shape index (κ1) is 19.2. The van der Waals surface area contributed by atoms with Crippen LogP contribution in [0.3, 0.4) is 0 Å². The standard InChI is InChI=1S/C14H21N3O3.ClH/c1-8(2)13(15)14(19)17-10-5-6-11(16-9(3)18)12(7-10)20-4;/h5-8,13H,15H2,1-4H3,(H,16,18)(H,17,19);1H/t13-;/m0./s1. The fourth-order valence-electron chi connectivity index (χ4n) is 1.59. The molecule has 0 aliphatic rings. The number of rotatable bonds is 5. The maximum Gasteiger partial charge on any atom is 0.241 e. The summed E-state index contributed by atoms with van der Waals surface area (Å²) in [6, 6.07) is 4.40. The highest BCUT2D eigenvalue weighted by Crippen LogP contribution is 2.28. The van der Waals surface area contributed by atoms with Crippen molar-refractivity contribution >= 4 is 35.6 Å². The highest BCUT2D eigenvalue weighted by molar-refractivity contribution is 5.96. The monoisotopic (exact) mass is 315 g/mol. The van der Waals surface area contributed by atoms with Crippen LogP contribution in [0.15, 0.2) is 18.2 Å². The van der Waals surface area contributed by atoms with Gasteiger partial charge in [-0.3, -0.25) is 9.59 Å². The van der Waals surface area contributed by atoms with E-state index in [1.54, 1.807) is 18.2 Å². The van der Waals surface area contributed by atoms with Gasteiger partial charge in [0.15, 0.2) is 0 Å². The Kier molecular flexibility index (Phi) is 7.76. The molecule has 6 nitrogen and oxygen atoms in total. The van der Waals surface area contributed by atoms with E-state index < -0.39 is 6.04 Å². The van der Waals surface area contributed by atoms with E-state index in [9.17, 15) is 9.59 Å². The van der Waals surface area contributed by atoms with Gasteiger partial charge in [-0.15, -0.1) is 12.4 Å². The minimum Gasteiger partial charge on any atom is -0.494 e. The zero-order valence-corrected chi connectivity index (χ0v) is 13.4. The Labute approximate surface area is 130 Å². The molecule has 7 heteroatoms. The summed E-state index contributed by atoms with van der Waals surface area (Å²) in [7, 11) is 1.49. The van der Waals surface area contributed by atoms with Gasteiger partial charge in [-0.1, -0.05) is 13.8 Å². The molecule has 0 saturated heterocycles. The zero-order valence-electron chi connectivity index (χ0n) is 12.6. The first-order valence-electron chi connectivity index (χ1n) is 6.37. The predicted molar refractivity (Wildman–Crippen MR) is 86.0 cm³/mol. The smallest absolute Gasteiger partial charge is 0.241 e. The van der Waals surface area contributed by atoms with Crippen molar-refractivity contribution in [1.82, 2.24) is 0 Å². The summed E-state index contributed by atoms with van der Waals surface area (Å²) in [5.41, 5.74) is 6.89. The predicted octanol–water partition coefficient (Wildman–Crippen LogP) is 2.00. The number of methoxy groups -OCH3 is 1. The largest absolute Gasteiger partial charge is 0.494 e. The van der Waals surface area contributed by atoms with Crippen LogP contribution in [0.1, 0.15) is 20.8 Å². The second-order valence-corrected chi connectivity index (χ2v) is 4.86. The zero-order chi connectivity index (χ0) is 15.3. The Balaban J connectivity index is 0.00000400.